The van der Waals surface area contributed by atoms with E-state index >= 15 is 0 Å². The summed E-state index contributed by atoms with van der Waals surface area (Å²) in [7, 11) is 0. The first-order valence-electron chi connectivity index (χ1n) is 4.94. The van der Waals surface area contributed by atoms with E-state index in [2.05, 4.69) is 49.7 Å². The van der Waals surface area contributed by atoms with Gasteiger partial charge in [-0.3, -0.25) is 4.99 Å². The van der Waals surface area contributed by atoms with Gasteiger partial charge in [0.2, 0.25) is 0 Å². The second-order valence-electron chi connectivity index (χ2n) is 3.54. The molecule has 1 aliphatic carbocycles. The highest BCUT2D eigenvalue weighted by Crippen LogP contribution is 2.22. The maximum absolute atomic E-state index is 4.33. The molecule has 0 aromatic heterocycles. The predicted octanol–water partition coefficient (Wildman–Crippen LogP) is 3.67. The molecule has 0 radical (unpaired) electrons. The van der Waals surface area contributed by atoms with Gasteiger partial charge in [0.25, 0.3) is 0 Å². The standard InChI is InChI=1S/C13H17N/c1-5-11-8-7-9-12(10(3)4)13(11)14-6-2/h5-10H,2H2,1,3-4H3/b11-5-,14-13?. The van der Waals surface area contributed by atoms with Crippen LogP contribution in [0.1, 0.15) is 20.8 Å². The SMILES string of the molecule is C=CN=C1C(C(C)C)=CC=C/C1=C/C. The fourth-order valence-corrected chi connectivity index (χ4v) is 1.52. The molecule has 0 fully saturated rings. The molecule has 0 saturated heterocycles. The molecular weight excluding hydrogens is 170 g/mol. The zero-order valence-corrected chi connectivity index (χ0v) is 9.12. The van der Waals surface area contributed by atoms with Crippen LogP contribution in [0, 0.1) is 5.92 Å². The molecule has 0 aliphatic heterocycles. The fraction of sp³-hybridized carbons (Fsp3) is 0.308. The van der Waals surface area contributed by atoms with Crippen molar-refractivity contribution in [2.75, 3.05) is 0 Å². The first kappa shape index (κ1) is 10.7. The Kier molecular flexibility index (Phi) is 3.63. The normalized spacial score (nSPS) is 21.9. The van der Waals surface area contributed by atoms with Gasteiger partial charge < -0.3 is 0 Å². The summed E-state index contributed by atoms with van der Waals surface area (Å²) < 4.78 is 0. The van der Waals surface area contributed by atoms with E-state index in [1.54, 1.807) is 6.20 Å². The molecule has 1 rings (SSSR count). The van der Waals surface area contributed by atoms with Crippen LogP contribution in [0.25, 0.3) is 0 Å². The van der Waals surface area contributed by atoms with Crippen molar-refractivity contribution >= 4 is 5.71 Å². The van der Waals surface area contributed by atoms with E-state index in [9.17, 15) is 0 Å². The molecule has 0 amide bonds. The Labute approximate surface area is 86.2 Å². The van der Waals surface area contributed by atoms with E-state index < -0.39 is 0 Å². The lowest BCUT2D eigenvalue weighted by atomic mass is 9.89. The average molecular weight is 187 g/mol. The summed E-state index contributed by atoms with van der Waals surface area (Å²) in [6, 6.07) is 0. The maximum atomic E-state index is 4.33. The third-order valence-electron chi connectivity index (χ3n) is 2.25. The van der Waals surface area contributed by atoms with E-state index in [1.807, 2.05) is 6.92 Å². The van der Waals surface area contributed by atoms with E-state index in [0.29, 0.717) is 5.92 Å². The number of rotatable bonds is 2. The van der Waals surface area contributed by atoms with Crippen molar-refractivity contribution in [3.8, 4) is 0 Å². The van der Waals surface area contributed by atoms with Crippen molar-refractivity contribution in [1.82, 2.24) is 0 Å². The predicted molar refractivity (Wildman–Crippen MR) is 63.5 cm³/mol. The van der Waals surface area contributed by atoms with Gasteiger partial charge in [0.05, 0.1) is 5.71 Å². The second kappa shape index (κ2) is 4.75. The summed E-state index contributed by atoms with van der Waals surface area (Å²) in [4.78, 5) is 4.33. The minimum atomic E-state index is 0.494. The van der Waals surface area contributed by atoms with Crippen molar-refractivity contribution < 1.29 is 0 Å². The molecule has 1 aliphatic rings. The van der Waals surface area contributed by atoms with Gasteiger partial charge in [0.15, 0.2) is 0 Å². The first-order valence-corrected chi connectivity index (χ1v) is 4.94. The highest BCUT2D eigenvalue weighted by Gasteiger charge is 2.15. The molecule has 0 aromatic rings. The molecule has 74 valence electrons. The summed E-state index contributed by atoms with van der Waals surface area (Å²) >= 11 is 0. The number of hydrogen-bond donors (Lipinski definition) is 0. The largest absolute Gasteiger partial charge is 0.257 e. The number of hydrogen-bond acceptors (Lipinski definition) is 1. The zero-order chi connectivity index (χ0) is 10.6. The highest BCUT2D eigenvalue weighted by molar-refractivity contribution is 6.15. The lowest BCUT2D eigenvalue weighted by molar-refractivity contribution is 0.802. The van der Waals surface area contributed by atoms with Gasteiger partial charge in [0.1, 0.15) is 0 Å². The van der Waals surface area contributed by atoms with E-state index in [0.717, 1.165) is 5.71 Å². The van der Waals surface area contributed by atoms with Gasteiger partial charge in [-0.2, -0.15) is 0 Å². The van der Waals surface area contributed by atoms with Crippen molar-refractivity contribution in [3.05, 3.63) is 48.2 Å². The monoisotopic (exact) mass is 187 g/mol. The average Bonchev–Trinajstić information content (AvgIpc) is 2.18. The Bertz CT molecular complexity index is 338. The summed E-state index contributed by atoms with van der Waals surface area (Å²) in [6.45, 7) is 10.0. The van der Waals surface area contributed by atoms with Crippen molar-refractivity contribution in [1.29, 1.82) is 0 Å². The van der Waals surface area contributed by atoms with E-state index in [1.165, 1.54) is 11.1 Å². The number of nitrogens with zero attached hydrogens (tertiary/aromatic N) is 1. The summed E-state index contributed by atoms with van der Waals surface area (Å²) in [5.74, 6) is 0.494. The van der Waals surface area contributed by atoms with Gasteiger partial charge in [-0.05, 0) is 24.0 Å². The maximum Gasteiger partial charge on any atom is 0.0732 e. The molecule has 0 spiro atoms. The minimum absolute atomic E-state index is 0.494. The van der Waals surface area contributed by atoms with E-state index in [-0.39, 0.29) is 0 Å². The van der Waals surface area contributed by atoms with Crippen molar-refractivity contribution in [3.63, 3.8) is 0 Å². The fourth-order valence-electron chi connectivity index (χ4n) is 1.52. The molecule has 0 atom stereocenters. The zero-order valence-electron chi connectivity index (χ0n) is 9.12. The topological polar surface area (TPSA) is 12.4 Å². The number of allylic oxidation sites excluding steroid dienone is 6. The summed E-state index contributed by atoms with van der Waals surface area (Å²) in [5, 5.41) is 0. The molecule has 1 heteroatoms. The molecule has 0 N–H and O–H groups in total. The summed E-state index contributed by atoms with van der Waals surface area (Å²) in [6.07, 6.45) is 9.96. The molecule has 0 aromatic carbocycles. The van der Waals surface area contributed by atoms with Crippen molar-refractivity contribution in [2.24, 2.45) is 10.9 Å². The van der Waals surface area contributed by atoms with Crippen LogP contribution < -0.4 is 0 Å². The Morgan fingerprint density at radius 3 is 2.64 bits per heavy atom. The number of aliphatic imine (C=N–C) groups is 1. The first-order chi connectivity index (χ1) is 6.70. The van der Waals surface area contributed by atoms with Gasteiger partial charge in [-0.15, -0.1) is 0 Å². The third-order valence-corrected chi connectivity index (χ3v) is 2.25. The molecule has 0 heterocycles. The van der Waals surface area contributed by atoms with Crippen LogP contribution in [-0.4, -0.2) is 5.71 Å². The Hall–Kier alpha value is -1.37. The lowest BCUT2D eigenvalue weighted by Gasteiger charge is -2.17. The van der Waals surface area contributed by atoms with Gasteiger partial charge in [-0.25, -0.2) is 0 Å². The van der Waals surface area contributed by atoms with Crippen LogP contribution in [-0.2, 0) is 0 Å². The Morgan fingerprint density at radius 2 is 2.14 bits per heavy atom. The smallest absolute Gasteiger partial charge is 0.0732 e. The Morgan fingerprint density at radius 1 is 1.43 bits per heavy atom. The van der Waals surface area contributed by atoms with Gasteiger partial charge >= 0.3 is 0 Å². The van der Waals surface area contributed by atoms with Crippen LogP contribution in [0.2, 0.25) is 0 Å². The van der Waals surface area contributed by atoms with Crippen LogP contribution in [0.15, 0.2) is 53.2 Å². The van der Waals surface area contributed by atoms with Crippen LogP contribution in [0.3, 0.4) is 0 Å². The van der Waals surface area contributed by atoms with Crippen molar-refractivity contribution in [2.45, 2.75) is 20.8 Å². The third kappa shape index (κ3) is 2.11. The van der Waals surface area contributed by atoms with Crippen LogP contribution in [0.5, 0.6) is 0 Å². The minimum Gasteiger partial charge on any atom is -0.257 e. The molecule has 0 bridgehead atoms. The molecule has 0 unspecified atom stereocenters. The molecular formula is C13H17N. The van der Waals surface area contributed by atoms with Gasteiger partial charge in [0, 0.05) is 6.20 Å². The molecule has 14 heavy (non-hydrogen) atoms. The quantitative estimate of drug-likeness (QED) is 0.625. The Balaban J connectivity index is 3.17. The van der Waals surface area contributed by atoms with Crippen LogP contribution in [0.4, 0.5) is 0 Å². The second-order valence-corrected chi connectivity index (χ2v) is 3.54. The molecule has 0 saturated carbocycles. The van der Waals surface area contributed by atoms with Gasteiger partial charge in [-0.1, -0.05) is 44.7 Å². The lowest BCUT2D eigenvalue weighted by Crippen LogP contribution is -2.12. The van der Waals surface area contributed by atoms with Crippen LogP contribution >= 0.6 is 0 Å². The highest BCUT2D eigenvalue weighted by atomic mass is 14.7. The van der Waals surface area contributed by atoms with E-state index in [4.69, 9.17) is 0 Å². The summed E-state index contributed by atoms with van der Waals surface area (Å²) in [5.41, 5.74) is 3.51. The molecule has 1 nitrogen and oxygen atoms in total.